The number of hydrogen-bond acceptors (Lipinski definition) is 1. The Hall–Kier alpha value is -1.08. The fourth-order valence-electron chi connectivity index (χ4n) is 1.46. The third-order valence-corrected chi connectivity index (χ3v) is 2.30. The summed E-state index contributed by atoms with van der Waals surface area (Å²) in [4.78, 5) is 0. The molecule has 0 aliphatic rings. The number of benzene rings is 1. The lowest BCUT2D eigenvalue weighted by molar-refractivity contribution is 0.550. The van der Waals surface area contributed by atoms with Gasteiger partial charge in [-0.2, -0.15) is 0 Å². The highest BCUT2D eigenvalue weighted by Crippen LogP contribution is 2.01. The Balaban J connectivity index is 2.35. The molecule has 76 valence electrons. The van der Waals surface area contributed by atoms with Crippen molar-refractivity contribution in [2.75, 3.05) is 0 Å². The van der Waals surface area contributed by atoms with E-state index in [0.717, 1.165) is 13.0 Å². The zero-order valence-corrected chi connectivity index (χ0v) is 8.87. The summed E-state index contributed by atoms with van der Waals surface area (Å²) in [6.45, 7) is 6.95. The van der Waals surface area contributed by atoms with Crippen LogP contribution in [-0.4, -0.2) is 6.04 Å². The van der Waals surface area contributed by atoms with E-state index in [-0.39, 0.29) is 0 Å². The van der Waals surface area contributed by atoms with E-state index in [1.165, 1.54) is 12.0 Å². The van der Waals surface area contributed by atoms with Crippen LogP contribution in [-0.2, 0) is 6.54 Å². The molecular formula is C13H19N. The van der Waals surface area contributed by atoms with Crippen LogP contribution in [0.25, 0.3) is 0 Å². The summed E-state index contributed by atoms with van der Waals surface area (Å²) >= 11 is 0. The molecule has 1 nitrogen and oxygen atoms in total. The van der Waals surface area contributed by atoms with Crippen molar-refractivity contribution < 1.29 is 0 Å². The minimum absolute atomic E-state index is 0.445. The van der Waals surface area contributed by atoms with Crippen molar-refractivity contribution in [1.82, 2.24) is 5.32 Å². The van der Waals surface area contributed by atoms with Gasteiger partial charge in [0.2, 0.25) is 0 Å². The maximum absolute atomic E-state index is 3.83. The van der Waals surface area contributed by atoms with E-state index in [9.17, 15) is 0 Å². The van der Waals surface area contributed by atoms with Crippen LogP contribution in [0.1, 0.15) is 25.3 Å². The van der Waals surface area contributed by atoms with Crippen LogP contribution in [0.15, 0.2) is 43.0 Å². The second-order valence-electron chi connectivity index (χ2n) is 3.50. The lowest BCUT2D eigenvalue weighted by Crippen LogP contribution is -2.26. The van der Waals surface area contributed by atoms with Gasteiger partial charge >= 0.3 is 0 Å². The van der Waals surface area contributed by atoms with Gasteiger partial charge in [-0.1, -0.05) is 49.8 Å². The van der Waals surface area contributed by atoms with E-state index in [1.807, 2.05) is 12.1 Å². The first-order valence-electron chi connectivity index (χ1n) is 5.26. The van der Waals surface area contributed by atoms with E-state index >= 15 is 0 Å². The van der Waals surface area contributed by atoms with Crippen molar-refractivity contribution in [3.8, 4) is 0 Å². The highest BCUT2D eigenvalue weighted by atomic mass is 14.9. The molecule has 0 aliphatic heterocycles. The molecule has 1 N–H and O–H groups in total. The molecule has 0 spiro atoms. The monoisotopic (exact) mass is 189 g/mol. The molecule has 0 heterocycles. The minimum Gasteiger partial charge on any atom is -0.306 e. The fraction of sp³-hybridized carbons (Fsp3) is 0.385. The molecule has 1 aromatic carbocycles. The molecule has 0 amide bonds. The molecular weight excluding hydrogens is 170 g/mol. The Kier molecular flexibility index (Phi) is 5.02. The summed E-state index contributed by atoms with van der Waals surface area (Å²) in [7, 11) is 0. The summed E-state index contributed by atoms with van der Waals surface area (Å²) < 4.78 is 0. The number of nitrogens with one attached hydrogen (secondary N) is 1. The third kappa shape index (κ3) is 3.75. The Morgan fingerprint density at radius 1 is 1.36 bits per heavy atom. The molecule has 0 bridgehead atoms. The number of hydrogen-bond donors (Lipinski definition) is 1. The maximum Gasteiger partial charge on any atom is 0.0250 e. The molecule has 0 aliphatic carbocycles. The number of rotatable bonds is 6. The zero-order valence-electron chi connectivity index (χ0n) is 8.87. The average Bonchev–Trinajstić information content (AvgIpc) is 2.25. The van der Waals surface area contributed by atoms with Gasteiger partial charge in [0.25, 0.3) is 0 Å². The van der Waals surface area contributed by atoms with Crippen LogP contribution in [0.4, 0.5) is 0 Å². The Morgan fingerprint density at radius 2 is 2.07 bits per heavy atom. The van der Waals surface area contributed by atoms with Crippen LogP contribution >= 0.6 is 0 Å². The van der Waals surface area contributed by atoms with Gasteiger partial charge in [-0.15, -0.1) is 6.58 Å². The standard InChI is InChI=1S/C13H19N/c1-3-8-13(4-2)14-11-12-9-6-5-7-10-12/h4-7,9-10,13-14H,2-3,8,11H2,1H3. The Morgan fingerprint density at radius 3 is 2.64 bits per heavy atom. The molecule has 1 unspecified atom stereocenters. The van der Waals surface area contributed by atoms with E-state index in [0.29, 0.717) is 6.04 Å². The highest BCUT2D eigenvalue weighted by molar-refractivity contribution is 5.14. The molecule has 0 radical (unpaired) electrons. The smallest absolute Gasteiger partial charge is 0.0250 e. The van der Waals surface area contributed by atoms with Crippen molar-refractivity contribution in [3.63, 3.8) is 0 Å². The first kappa shape index (κ1) is 11.0. The van der Waals surface area contributed by atoms with Crippen LogP contribution in [0.3, 0.4) is 0 Å². The first-order chi connectivity index (χ1) is 6.86. The van der Waals surface area contributed by atoms with Gasteiger partial charge < -0.3 is 5.32 Å². The highest BCUT2D eigenvalue weighted by Gasteiger charge is 2.00. The van der Waals surface area contributed by atoms with Crippen molar-refractivity contribution >= 4 is 0 Å². The summed E-state index contributed by atoms with van der Waals surface area (Å²) in [6, 6.07) is 10.9. The molecule has 1 rings (SSSR count). The summed E-state index contributed by atoms with van der Waals surface area (Å²) in [6.07, 6.45) is 4.35. The van der Waals surface area contributed by atoms with Gasteiger partial charge in [-0.3, -0.25) is 0 Å². The molecule has 1 heteroatoms. The van der Waals surface area contributed by atoms with E-state index in [4.69, 9.17) is 0 Å². The Bertz CT molecular complexity index is 253. The largest absolute Gasteiger partial charge is 0.306 e. The van der Waals surface area contributed by atoms with Gasteiger partial charge in [0.05, 0.1) is 0 Å². The van der Waals surface area contributed by atoms with Gasteiger partial charge in [0.15, 0.2) is 0 Å². The quantitative estimate of drug-likeness (QED) is 0.678. The molecule has 14 heavy (non-hydrogen) atoms. The van der Waals surface area contributed by atoms with Crippen molar-refractivity contribution in [2.45, 2.75) is 32.4 Å². The minimum atomic E-state index is 0.445. The van der Waals surface area contributed by atoms with Crippen LogP contribution in [0, 0.1) is 0 Å². The van der Waals surface area contributed by atoms with Crippen molar-refractivity contribution in [1.29, 1.82) is 0 Å². The predicted molar refractivity (Wildman–Crippen MR) is 62.2 cm³/mol. The van der Waals surface area contributed by atoms with Crippen LogP contribution in [0.2, 0.25) is 0 Å². The van der Waals surface area contributed by atoms with E-state index in [2.05, 4.69) is 43.1 Å². The maximum atomic E-state index is 3.83. The van der Waals surface area contributed by atoms with Crippen molar-refractivity contribution in [3.05, 3.63) is 48.6 Å². The van der Waals surface area contributed by atoms with Gasteiger partial charge in [0, 0.05) is 12.6 Å². The lowest BCUT2D eigenvalue weighted by atomic mass is 10.1. The summed E-state index contributed by atoms with van der Waals surface area (Å²) in [5.74, 6) is 0. The predicted octanol–water partition coefficient (Wildman–Crippen LogP) is 3.13. The third-order valence-electron chi connectivity index (χ3n) is 2.30. The van der Waals surface area contributed by atoms with Gasteiger partial charge in [-0.05, 0) is 12.0 Å². The normalized spacial score (nSPS) is 12.4. The summed E-state index contributed by atoms with van der Waals surface area (Å²) in [5, 5.41) is 3.47. The van der Waals surface area contributed by atoms with Crippen LogP contribution in [0.5, 0.6) is 0 Å². The first-order valence-corrected chi connectivity index (χ1v) is 5.26. The molecule has 0 saturated heterocycles. The molecule has 0 saturated carbocycles. The summed E-state index contributed by atoms with van der Waals surface area (Å²) in [5.41, 5.74) is 1.33. The second-order valence-corrected chi connectivity index (χ2v) is 3.50. The zero-order chi connectivity index (χ0) is 10.2. The van der Waals surface area contributed by atoms with Crippen molar-refractivity contribution in [2.24, 2.45) is 0 Å². The molecule has 1 aromatic rings. The van der Waals surface area contributed by atoms with E-state index < -0.39 is 0 Å². The second kappa shape index (κ2) is 6.39. The van der Waals surface area contributed by atoms with Gasteiger partial charge in [-0.25, -0.2) is 0 Å². The SMILES string of the molecule is C=CC(CCC)NCc1ccccc1. The average molecular weight is 189 g/mol. The van der Waals surface area contributed by atoms with E-state index in [1.54, 1.807) is 0 Å². The molecule has 0 fully saturated rings. The van der Waals surface area contributed by atoms with Gasteiger partial charge in [0.1, 0.15) is 0 Å². The Labute approximate surface area is 86.8 Å². The molecule has 0 aromatic heterocycles. The lowest BCUT2D eigenvalue weighted by Gasteiger charge is -2.13. The fourth-order valence-corrected chi connectivity index (χ4v) is 1.46. The van der Waals surface area contributed by atoms with Crippen LogP contribution < -0.4 is 5.32 Å². The topological polar surface area (TPSA) is 12.0 Å². The molecule has 1 atom stereocenters.